The summed E-state index contributed by atoms with van der Waals surface area (Å²) in [6.45, 7) is 2.08. The second kappa shape index (κ2) is 7.97. The van der Waals surface area contributed by atoms with Crippen LogP contribution < -0.4 is 5.32 Å². The molecule has 6 heteroatoms. The molecule has 6 nitrogen and oxygen atoms in total. The summed E-state index contributed by atoms with van der Waals surface area (Å²) in [5, 5.41) is 7.18. The van der Waals surface area contributed by atoms with Crippen LogP contribution in [0.1, 0.15) is 18.4 Å². The van der Waals surface area contributed by atoms with Crippen LogP contribution in [0.4, 0.5) is 10.5 Å². The fourth-order valence-corrected chi connectivity index (χ4v) is 3.13. The monoisotopic (exact) mass is 328 g/mol. The molecule has 0 radical (unpaired) electrons. The number of urea groups is 1. The van der Waals surface area contributed by atoms with Crippen molar-refractivity contribution in [3.8, 4) is 0 Å². The van der Waals surface area contributed by atoms with Gasteiger partial charge < -0.3 is 15.0 Å². The lowest BCUT2D eigenvalue weighted by Gasteiger charge is -2.24. The number of methoxy groups -OCH3 is 1. The van der Waals surface area contributed by atoms with E-state index in [1.165, 1.54) is 5.56 Å². The van der Waals surface area contributed by atoms with E-state index >= 15 is 0 Å². The summed E-state index contributed by atoms with van der Waals surface area (Å²) in [5.74, 6) is 0. The molecule has 0 saturated carbocycles. The number of amides is 2. The van der Waals surface area contributed by atoms with Gasteiger partial charge in [-0.05, 0) is 24.8 Å². The SMILES string of the molecule is COCCn1cc(NC(=O)N2CCC[C@@H]2Cc2ccccc2)cn1. The van der Waals surface area contributed by atoms with E-state index in [2.05, 4.69) is 22.5 Å². The van der Waals surface area contributed by atoms with Crippen LogP contribution in [0.25, 0.3) is 0 Å². The van der Waals surface area contributed by atoms with Crippen molar-refractivity contribution >= 4 is 11.7 Å². The fourth-order valence-electron chi connectivity index (χ4n) is 3.13. The zero-order valence-corrected chi connectivity index (χ0v) is 14.0. The highest BCUT2D eigenvalue weighted by Crippen LogP contribution is 2.22. The number of hydrogen-bond acceptors (Lipinski definition) is 3. The zero-order chi connectivity index (χ0) is 16.8. The number of ether oxygens (including phenoxy) is 1. The predicted octanol–water partition coefficient (Wildman–Crippen LogP) is 2.77. The molecule has 0 unspecified atom stereocenters. The smallest absolute Gasteiger partial charge is 0.322 e. The van der Waals surface area contributed by atoms with Gasteiger partial charge in [-0.2, -0.15) is 5.10 Å². The number of rotatable bonds is 6. The van der Waals surface area contributed by atoms with Gasteiger partial charge in [-0.1, -0.05) is 30.3 Å². The molecule has 128 valence electrons. The molecular weight excluding hydrogens is 304 g/mol. The third kappa shape index (κ3) is 4.14. The molecule has 2 amide bonds. The number of likely N-dealkylation sites (tertiary alicyclic amines) is 1. The van der Waals surface area contributed by atoms with E-state index in [0.29, 0.717) is 13.2 Å². The van der Waals surface area contributed by atoms with Crippen LogP contribution in [0, 0.1) is 0 Å². The van der Waals surface area contributed by atoms with E-state index in [4.69, 9.17) is 4.74 Å². The Labute approximate surface area is 142 Å². The Morgan fingerprint density at radius 2 is 2.21 bits per heavy atom. The highest BCUT2D eigenvalue weighted by Gasteiger charge is 2.28. The number of aromatic nitrogens is 2. The van der Waals surface area contributed by atoms with E-state index in [1.807, 2.05) is 29.3 Å². The molecule has 1 aromatic heterocycles. The first-order chi connectivity index (χ1) is 11.8. The maximum Gasteiger partial charge on any atom is 0.322 e. The molecule has 3 rings (SSSR count). The van der Waals surface area contributed by atoms with Gasteiger partial charge in [-0.3, -0.25) is 4.68 Å². The maximum atomic E-state index is 12.6. The summed E-state index contributed by atoms with van der Waals surface area (Å²) in [5.41, 5.74) is 2.00. The van der Waals surface area contributed by atoms with Gasteiger partial charge in [-0.15, -0.1) is 0 Å². The van der Waals surface area contributed by atoms with Gasteiger partial charge in [0.25, 0.3) is 0 Å². The van der Waals surface area contributed by atoms with Gasteiger partial charge in [0.05, 0.1) is 25.0 Å². The number of nitrogens with one attached hydrogen (secondary N) is 1. The minimum Gasteiger partial charge on any atom is -0.383 e. The van der Waals surface area contributed by atoms with E-state index in [1.54, 1.807) is 18.0 Å². The normalized spacial score (nSPS) is 17.2. The standard InChI is InChI=1S/C18H24N4O2/c1-24-11-10-21-14-16(13-19-21)20-18(23)22-9-5-8-17(22)12-15-6-3-2-4-7-15/h2-4,6-7,13-14,17H,5,8-12H2,1H3,(H,20,23)/t17-/m1/s1. The Morgan fingerprint density at radius 3 is 3.00 bits per heavy atom. The second-order valence-electron chi connectivity index (χ2n) is 6.09. The summed E-state index contributed by atoms with van der Waals surface area (Å²) in [6, 6.07) is 10.6. The molecular formula is C18H24N4O2. The van der Waals surface area contributed by atoms with Crippen LogP contribution in [-0.4, -0.2) is 47.0 Å². The summed E-state index contributed by atoms with van der Waals surface area (Å²) < 4.78 is 6.80. The van der Waals surface area contributed by atoms with Crippen LogP contribution >= 0.6 is 0 Å². The third-order valence-electron chi connectivity index (χ3n) is 4.36. The number of nitrogens with zero attached hydrogens (tertiary/aromatic N) is 3. The molecule has 1 saturated heterocycles. The van der Waals surface area contributed by atoms with Crippen LogP contribution in [0.15, 0.2) is 42.7 Å². The minimum absolute atomic E-state index is 0.0419. The zero-order valence-electron chi connectivity index (χ0n) is 14.0. The molecule has 24 heavy (non-hydrogen) atoms. The summed E-state index contributed by atoms with van der Waals surface area (Å²) in [4.78, 5) is 14.5. The highest BCUT2D eigenvalue weighted by atomic mass is 16.5. The average Bonchev–Trinajstić information content (AvgIpc) is 3.23. The molecule has 1 aliphatic heterocycles. The number of anilines is 1. The maximum absolute atomic E-state index is 12.6. The molecule has 0 aliphatic carbocycles. The van der Waals surface area contributed by atoms with Crippen molar-refractivity contribution in [1.29, 1.82) is 0 Å². The largest absolute Gasteiger partial charge is 0.383 e. The van der Waals surface area contributed by atoms with Crippen molar-refractivity contribution in [1.82, 2.24) is 14.7 Å². The molecule has 2 heterocycles. The molecule has 1 aliphatic rings. The van der Waals surface area contributed by atoms with E-state index in [-0.39, 0.29) is 12.1 Å². The van der Waals surface area contributed by atoms with Crippen molar-refractivity contribution < 1.29 is 9.53 Å². The van der Waals surface area contributed by atoms with Crippen molar-refractivity contribution in [2.24, 2.45) is 0 Å². The molecule has 1 fully saturated rings. The minimum atomic E-state index is -0.0419. The molecule has 0 bridgehead atoms. The van der Waals surface area contributed by atoms with Crippen LogP contribution in [-0.2, 0) is 17.7 Å². The van der Waals surface area contributed by atoms with Gasteiger partial charge >= 0.3 is 6.03 Å². The molecule has 1 aromatic carbocycles. The summed E-state index contributed by atoms with van der Waals surface area (Å²) >= 11 is 0. The molecule has 0 spiro atoms. The predicted molar refractivity (Wildman–Crippen MR) is 93.0 cm³/mol. The highest BCUT2D eigenvalue weighted by molar-refractivity contribution is 5.89. The summed E-state index contributed by atoms with van der Waals surface area (Å²) in [6.07, 6.45) is 6.52. The second-order valence-corrected chi connectivity index (χ2v) is 6.09. The van der Waals surface area contributed by atoms with E-state index in [0.717, 1.165) is 31.5 Å². The first kappa shape index (κ1) is 16.5. The first-order valence-corrected chi connectivity index (χ1v) is 8.39. The third-order valence-corrected chi connectivity index (χ3v) is 4.36. The summed E-state index contributed by atoms with van der Waals surface area (Å²) in [7, 11) is 1.66. The Hall–Kier alpha value is -2.34. The number of benzene rings is 1. The topological polar surface area (TPSA) is 59.4 Å². The van der Waals surface area contributed by atoms with Crippen LogP contribution in [0.5, 0.6) is 0 Å². The van der Waals surface area contributed by atoms with Crippen LogP contribution in [0.3, 0.4) is 0 Å². The first-order valence-electron chi connectivity index (χ1n) is 8.39. The van der Waals surface area contributed by atoms with Crippen molar-refractivity contribution in [2.75, 3.05) is 25.6 Å². The molecule has 1 atom stereocenters. The van der Waals surface area contributed by atoms with E-state index < -0.39 is 0 Å². The van der Waals surface area contributed by atoms with Gasteiger partial charge in [0.2, 0.25) is 0 Å². The number of hydrogen-bond donors (Lipinski definition) is 1. The van der Waals surface area contributed by atoms with E-state index in [9.17, 15) is 4.79 Å². The Balaban J connectivity index is 1.58. The molecule has 2 aromatic rings. The Bertz CT molecular complexity index is 656. The molecule has 1 N–H and O–H groups in total. The van der Waals surface area contributed by atoms with Gasteiger partial charge in [0, 0.05) is 25.9 Å². The fraction of sp³-hybridized carbons (Fsp3) is 0.444. The lowest BCUT2D eigenvalue weighted by Crippen LogP contribution is -2.39. The Morgan fingerprint density at radius 1 is 1.38 bits per heavy atom. The lowest BCUT2D eigenvalue weighted by molar-refractivity contribution is 0.183. The average molecular weight is 328 g/mol. The van der Waals surface area contributed by atoms with Crippen molar-refractivity contribution in [3.05, 3.63) is 48.3 Å². The number of carbonyl (C=O) groups excluding carboxylic acids is 1. The number of carbonyl (C=O) groups is 1. The van der Waals surface area contributed by atoms with Crippen molar-refractivity contribution in [2.45, 2.75) is 31.8 Å². The van der Waals surface area contributed by atoms with Gasteiger partial charge in [0.15, 0.2) is 0 Å². The lowest BCUT2D eigenvalue weighted by atomic mass is 10.0. The van der Waals surface area contributed by atoms with Crippen LogP contribution in [0.2, 0.25) is 0 Å². The quantitative estimate of drug-likeness (QED) is 0.887. The van der Waals surface area contributed by atoms with Gasteiger partial charge in [-0.25, -0.2) is 4.79 Å². The van der Waals surface area contributed by atoms with Gasteiger partial charge in [0.1, 0.15) is 0 Å². The Kier molecular flexibility index (Phi) is 5.48. The van der Waals surface area contributed by atoms with Crippen molar-refractivity contribution in [3.63, 3.8) is 0 Å².